The van der Waals surface area contributed by atoms with E-state index in [0.717, 1.165) is 43.7 Å². The zero-order valence-corrected chi connectivity index (χ0v) is 16.3. The first-order valence-electron chi connectivity index (χ1n) is 9.44. The van der Waals surface area contributed by atoms with Crippen LogP contribution in [0.4, 0.5) is 22.2 Å². The third-order valence-electron chi connectivity index (χ3n) is 4.52. The number of urea groups is 1. The second-order valence-electron chi connectivity index (χ2n) is 7.22. The Kier molecular flexibility index (Phi) is 6.24. The van der Waals surface area contributed by atoms with Gasteiger partial charge in [-0.2, -0.15) is 4.98 Å². The molecule has 0 saturated carbocycles. The lowest BCUT2D eigenvalue weighted by Crippen LogP contribution is -2.22. The third-order valence-corrected chi connectivity index (χ3v) is 4.52. The molecule has 3 N–H and O–H groups in total. The molecule has 0 saturated heterocycles. The minimum Gasteiger partial charge on any atom is -0.370 e. The molecule has 1 aromatic carbocycles. The van der Waals surface area contributed by atoms with E-state index in [0.29, 0.717) is 11.8 Å². The molecule has 144 valence electrons. The molecular formula is C20H28N6O. The number of anilines is 3. The lowest BCUT2D eigenvalue weighted by atomic mass is 10.1. The predicted molar refractivity (Wildman–Crippen MR) is 110 cm³/mol. The van der Waals surface area contributed by atoms with E-state index in [-0.39, 0.29) is 6.03 Å². The Balaban J connectivity index is 1.57. The van der Waals surface area contributed by atoms with E-state index < -0.39 is 0 Å². The zero-order valence-electron chi connectivity index (χ0n) is 16.3. The van der Waals surface area contributed by atoms with E-state index in [1.807, 2.05) is 19.1 Å². The molecule has 0 radical (unpaired) electrons. The van der Waals surface area contributed by atoms with Gasteiger partial charge in [-0.25, -0.2) is 9.78 Å². The molecule has 1 aliphatic carbocycles. The number of hydrogen-bond donors (Lipinski definition) is 3. The largest absolute Gasteiger partial charge is 0.370 e. The van der Waals surface area contributed by atoms with E-state index in [4.69, 9.17) is 0 Å². The van der Waals surface area contributed by atoms with Crippen LogP contribution >= 0.6 is 0 Å². The number of carbonyl (C=O) groups excluding carboxylic acids is 1. The van der Waals surface area contributed by atoms with Crippen molar-refractivity contribution in [3.05, 3.63) is 41.1 Å². The van der Waals surface area contributed by atoms with Crippen molar-refractivity contribution in [2.75, 3.05) is 43.1 Å². The summed E-state index contributed by atoms with van der Waals surface area (Å²) in [5, 5.41) is 8.88. The normalized spacial score (nSPS) is 12.7. The van der Waals surface area contributed by atoms with Crippen molar-refractivity contribution in [1.29, 1.82) is 0 Å². The third kappa shape index (κ3) is 5.65. The molecule has 2 aromatic rings. The van der Waals surface area contributed by atoms with Crippen LogP contribution in [0.25, 0.3) is 0 Å². The second-order valence-corrected chi connectivity index (χ2v) is 7.22. The molecule has 7 heteroatoms. The van der Waals surface area contributed by atoms with Crippen LogP contribution in [-0.4, -0.2) is 48.1 Å². The summed E-state index contributed by atoms with van der Waals surface area (Å²) < 4.78 is 0. The minimum atomic E-state index is -0.336. The van der Waals surface area contributed by atoms with E-state index in [9.17, 15) is 4.79 Å². The number of nitrogens with one attached hydrogen (secondary N) is 3. The smallest absolute Gasteiger partial charge is 0.326 e. The molecule has 0 aliphatic heterocycles. The highest BCUT2D eigenvalue weighted by molar-refractivity contribution is 5.98. The van der Waals surface area contributed by atoms with Crippen molar-refractivity contribution in [2.24, 2.45) is 0 Å². The number of amides is 2. The van der Waals surface area contributed by atoms with Crippen LogP contribution in [0, 0.1) is 6.92 Å². The Labute approximate surface area is 160 Å². The van der Waals surface area contributed by atoms with Gasteiger partial charge in [-0.1, -0.05) is 6.07 Å². The van der Waals surface area contributed by atoms with Gasteiger partial charge in [0.2, 0.25) is 5.95 Å². The summed E-state index contributed by atoms with van der Waals surface area (Å²) in [5.41, 5.74) is 4.30. The molecule has 1 aromatic heterocycles. The Morgan fingerprint density at radius 1 is 1.11 bits per heavy atom. The van der Waals surface area contributed by atoms with Gasteiger partial charge in [-0.3, -0.25) is 5.32 Å². The predicted octanol–water partition coefficient (Wildman–Crippen LogP) is 3.28. The zero-order chi connectivity index (χ0) is 19.2. The fraction of sp³-hybridized carbons (Fsp3) is 0.450. The van der Waals surface area contributed by atoms with Crippen LogP contribution in [0.3, 0.4) is 0 Å². The SMILES string of the molecule is Cc1cc(NCCCN(C)C)nc(NC(=O)Nc2ccc3c(c2)CCC3)n1. The minimum absolute atomic E-state index is 0.295. The average Bonchev–Trinajstić information content (AvgIpc) is 3.05. The lowest BCUT2D eigenvalue weighted by molar-refractivity contribution is 0.262. The molecule has 0 fully saturated rings. The van der Waals surface area contributed by atoms with E-state index in [2.05, 4.69) is 57.0 Å². The number of hydrogen-bond acceptors (Lipinski definition) is 5. The van der Waals surface area contributed by atoms with E-state index in [1.54, 1.807) is 0 Å². The van der Waals surface area contributed by atoms with Gasteiger partial charge in [0.05, 0.1) is 0 Å². The van der Waals surface area contributed by atoms with Crippen LogP contribution in [0.1, 0.15) is 29.7 Å². The topological polar surface area (TPSA) is 82.2 Å². The van der Waals surface area contributed by atoms with Crippen LogP contribution in [-0.2, 0) is 12.8 Å². The van der Waals surface area contributed by atoms with Gasteiger partial charge in [-0.05, 0) is 76.5 Å². The van der Waals surface area contributed by atoms with Crippen LogP contribution in [0.15, 0.2) is 24.3 Å². The highest BCUT2D eigenvalue weighted by Gasteiger charge is 2.12. The molecule has 0 spiro atoms. The van der Waals surface area contributed by atoms with Gasteiger partial charge >= 0.3 is 6.03 Å². The average molecular weight is 368 g/mol. The summed E-state index contributed by atoms with van der Waals surface area (Å²) in [7, 11) is 4.10. The van der Waals surface area contributed by atoms with Gasteiger partial charge in [0.1, 0.15) is 5.82 Å². The summed E-state index contributed by atoms with van der Waals surface area (Å²) in [6.45, 7) is 3.71. The number of aryl methyl sites for hydroxylation is 3. The van der Waals surface area contributed by atoms with Crippen molar-refractivity contribution in [3.63, 3.8) is 0 Å². The first kappa shape index (κ1) is 19.1. The molecular weight excluding hydrogens is 340 g/mol. The van der Waals surface area contributed by atoms with Crippen molar-refractivity contribution in [3.8, 4) is 0 Å². The number of aromatic nitrogens is 2. The Morgan fingerprint density at radius 3 is 2.74 bits per heavy atom. The number of nitrogens with zero attached hydrogens (tertiary/aromatic N) is 3. The van der Waals surface area contributed by atoms with Crippen molar-refractivity contribution in [2.45, 2.75) is 32.6 Å². The standard InChI is InChI=1S/C20H28N6O/c1-14-12-18(21-10-5-11-26(2)3)24-19(22-14)25-20(27)23-17-9-8-15-6-4-7-16(15)13-17/h8-9,12-13H,4-7,10-11H2,1-3H3,(H3,21,22,23,24,25,27). The number of carbonyl (C=O) groups is 1. The molecule has 7 nitrogen and oxygen atoms in total. The van der Waals surface area contributed by atoms with Crippen molar-refractivity contribution >= 4 is 23.5 Å². The van der Waals surface area contributed by atoms with Gasteiger partial charge in [0.15, 0.2) is 0 Å². The maximum absolute atomic E-state index is 12.3. The maximum atomic E-state index is 12.3. The summed E-state index contributed by atoms with van der Waals surface area (Å²) >= 11 is 0. The highest BCUT2D eigenvalue weighted by atomic mass is 16.2. The molecule has 0 bridgehead atoms. The number of fused-ring (bicyclic) bond motifs is 1. The van der Waals surface area contributed by atoms with Crippen LogP contribution < -0.4 is 16.0 Å². The van der Waals surface area contributed by atoms with E-state index in [1.165, 1.54) is 17.5 Å². The maximum Gasteiger partial charge on any atom is 0.326 e. The summed E-state index contributed by atoms with van der Waals surface area (Å²) in [5.74, 6) is 1.01. The molecule has 1 aliphatic rings. The van der Waals surface area contributed by atoms with Crippen molar-refractivity contribution < 1.29 is 4.79 Å². The van der Waals surface area contributed by atoms with Crippen LogP contribution in [0.5, 0.6) is 0 Å². The van der Waals surface area contributed by atoms with E-state index >= 15 is 0 Å². The second kappa shape index (κ2) is 8.81. The highest BCUT2D eigenvalue weighted by Crippen LogP contribution is 2.25. The van der Waals surface area contributed by atoms with Crippen molar-refractivity contribution in [1.82, 2.24) is 14.9 Å². The van der Waals surface area contributed by atoms with Gasteiger partial charge in [-0.15, -0.1) is 0 Å². The molecule has 27 heavy (non-hydrogen) atoms. The first-order valence-corrected chi connectivity index (χ1v) is 9.44. The Hall–Kier alpha value is -2.67. The Bertz CT molecular complexity index is 805. The van der Waals surface area contributed by atoms with Gasteiger partial charge < -0.3 is 15.5 Å². The Morgan fingerprint density at radius 2 is 1.93 bits per heavy atom. The molecule has 3 rings (SSSR count). The van der Waals surface area contributed by atoms with Gasteiger partial charge in [0.25, 0.3) is 0 Å². The number of benzene rings is 1. The molecule has 1 heterocycles. The summed E-state index contributed by atoms with van der Waals surface area (Å²) in [4.78, 5) is 23.1. The first-order chi connectivity index (χ1) is 13.0. The summed E-state index contributed by atoms with van der Waals surface area (Å²) in [6.07, 6.45) is 4.41. The summed E-state index contributed by atoms with van der Waals surface area (Å²) in [6, 6.07) is 7.63. The fourth-order valence-electron chi connectivity index (χ4n) is 3.24. The monoisotopic (exact) mass is 368 g/mol. The molecule has 0 unspecified atom stereocenters. The van der Waals surface area contributed by atoms with Gasteiger partial charge in [0, 0.05) is 24.0 Å². The quantitative estimate of drug-likeness (QED) is 0.654. The molecule has 0 atom stereocenters. The van der Waals surface area contributed by atoms with Crippen LogP contribution in [0.2, 0.25) is 0 Å². The lowest BCUT2D eigenvalue weighted by Gasteiger charge is -2.12. The number of rotatable bonds is 7. The fourth-order valence-corrected chi connectivity index (χ4v) is 3.24. The molecule has 2 amide bonds.